The SMILES string of the molecule is CCCOc1c(Cl)cc(CNc2ccc(S(N)(=O)=O)cc2)cc1Cl. The van der Waals surface area contributed by atoms with Crippen molar-refractivity contribution in [1.29, 1.82) is 0 Å². The second-order valence-electron chi connectivity index (χ2n) is 5.16. The number of nitrogens with two attached hydrogens (primary N) is 1. The molecule has 0 saturated heterocycles. The molecule has 24 heavy (non-hydrogen) atoms. The second-order valence-corrected chi connectivity index (χ2v) is 7.54. The van der Waals surface area contributed by atoms with Gasteiger partial charge in [0.05, 0.1) is 21.5 Å². The van der Waals surface area contributed by atoms with Gasteiger partial charge in [0.25, 0.3) is 0 Å². The molecule has 3 N–H and O–H groups in total. The molecule has 0 aliphatic carbocycles. The van der Waals surface area contributed by atoms with Crippen molar-refractivity contribution in [3.05, 3.63) is 52.0 Å². The molecule has 0 amide bonds. The van der Waals surface area contributed by atoms with Crippen molar-refractivity contribution in [2.75, 3.05) is 11.9 Å². The predicted molar refractivity (Wildman–Crippen MR) is 97.4 cm³/mol. The van der Waals surface area contributed by atoms with Crippen LogP contribution in [0.4, 0.5) is 5.69 Å². The Bertz CT molecular complexity index is 786. The molecular formula is C16H18Cl2N2O3S. The molecule has 0 saturated carbocycles. The number of hydrogen-bond donors (Lipinski definition) is 2. The van der Waals surface area contributed by atoms with Gasteiger partial charge in [-0.25, -0.2) is 13.6 Å². The molecule has 2 aromatic rings. The van der Waals surface area contributed by atoms with Gasteiger partial charge in [0.2, 0.25) is 10.0 Å². The number of benzene rings is 2. The molecule has 0 aromatic heterocycles. The number of primary sulfonamides is 1. The van der Waals surface area contributed by atoms with Crippen LogP contribution in [0.3, 0.4) is 0 Å². The van der Waals surface area contributed by atoms with Gasteiger partial charge in [-0.05, 0) is 48.4 Å². The second kappa shape index (κ2) is 8.07. The lowest BCUT2D eigenvalue weighted by atomic mass is 10.2. The van der Waals surface area contributed by atoms with Crippen molar-refractivity contribution >= 4 is 38.9 Å². The van der Waals surface area contributed by atoms with Crippen molar-refractivity contribution < 1.29 is 13.2 Å². The van der Waals surface area contributed by atoms with Crippen LogP contribution in [-0.4, -0.2) is 15.0 Å². The Morgan fingerprint density at radius 1 is 1.12 bits per heavy atom. The van der Waals surface area contributed by atoms with E-state index in [0.29, 0.717) is 28.9 Å². The highest BCUT2D eigenvalue weighted by Crippen LogP contribution is 2.34. The first kappa shape index (κ1) is 18.9. The molecule has 5 nitrogen and oxygen atoms in total. The average Bonchev–Trinajstić information content (AvgIpc) is 2.52. The quantitative estimate of drug-likeness (QED) is 0.749. The third kappa shape index (κ3) is 5.01. The van der Waals surface area contributed by atoms with E-state index in [1.165, 1.54) is 12.1 Å². The van der Waals surface area contributed by atoms with E-state index in [-0.39, 0.29) is 4.90 Å². The van der Waals surface area contributed by atoms with Gasteiger partial charge in [0.1, 0.15) is 0 Å². The zero-order chi connectivity index (χ0) is 17.7. The van der Waals surface area contributed by atoms with Crippen LogP contribution in [0, 0.1) is 0 Å². The third-order valence-corrected chi connectivity index (χ3v) is 4.68. The summed E-state index contributed by atoms with van der Waals surface area (Å²) < 4.78 is 28.0. The van der Waals surface area contributed by atoms with Crippen LogP contribution in [0.15, 0.2) is 41.3 Å². The molecule has 0 aliphatic heterocycles. The normalized spacial score (nSPS) is 11.3. The summed E-state index contributed by atoms with van der Waals surface area (Å²) in [5, 5.41) is 9.14. The number of hydrogen-bond acceptors (Lipinski definition) is 4. The van der Waals surface area contributed by atoms with E-state index in [2.05, 4.69) is 5.32 Å². The Hall–Kier alpha value is -1.47. The van der Waals surface area contributed by atoms with E-state index >= 15 is 0 Å². The number of nitrogens with one attached hydrogen (secondary N) is 1. The average molecular weight is 389 g/mol. The van der Waals surface area contributed by atoms with E-state index in [4.69, 9.17) is 33.1 Å². The fourth-order valence-corrected chi connectivity index (χ4v) is 3.18. The maximum absolute atomic E-state index is 11.2. The summed E-state index contributed by atoms with van der Waals surface area (Å²) >= 11 is 12.4. The molecule has 2 aromatic carbocycles. The van der Waals surface area contributed by atoms with Crippen molar-refractivity contribution in [2.45, 2.75) is 24.8 Å². The van der Waals surface area contributed by atoms with Crippen LogP contribution >= 0.6 is 23.2 Å². The van der Waals surface area contributed by atoms with Gasteiger partial charge in [-0.15, -0.1) is 0 Å². The predicted octanol–water partition coefficient (Wildman–Crippen LogP) is 4.04. The van der Waals surface area contributed by atoms with Gasteiger partial charge >= 0.3 is 0 Å². The molecule has 2 rings (SSSR count). The highest BCUT2D eigenvalue weighted by atomic mass is 35.5. The van der Waals surface area contributed by atoms with Crippen molar-refractivity contribution in [3.8, 4) is 5.75 Å². The smallest absolute Gasteiger partial charge is 0.238 e. The van der Waals surface area contributed by atoms with Crippen molar-refractivity contribution in [2.24, 2.45) is 5.14 Å². The topological polar surface area (TPSA) is 81.4 Å². The van der Waals surface area contributed by atoms with Gasteiger partial charge in [-0.2, -0.15) is 0 Å². The number of rotatable bonds is 7. The maximum Gasteiger partial charge on any atom is 0.238 e. The van der Waals surface area contributed by atoms with E-state index in [0.717, 1.165) is 17.7 Å². The molecule has 8 heteroatoms. The lowest BCUT2D eigenvalue weighted by Crippen LogP contribution is -2.12. The van der Waals surface area contributed by atoms with Crippen molar-refractivity contribution in [3.63, 3.8) is 0 Å². The molecule has 0 heterocycles. The van der Waals surface area contributed by atoms with Crippen LogP contribution in [0.2, 0.25) is 10.0 Å². The first-order valence-electron chi connectivity index (χ1n) is 7.28. The molecule has 0 aliphatic rings. The summed E-state index contributed by atoms with van der Waals surface area (Å²) in [6.45, 7) is 3.02. The standard InChI is InChI=1S/C16H18Cl2N2O3S/c1-2-7-23-16-14(17)8-11(9-15(16)18)10-20-12-3-5-13(6-4-12)24(19,21)22/h3-6,8-9,20H,2,7,10H2,1H3,(H2,19,21,22). The van der Waals surface area contributed by atoms with E-state index in [1.54, 1.807) is 24.3 Å². The molecule has 0 spiro atoms. The highest BCUT2D eigenvalue weighted by molar-refractivity contribution is 7.89. The molecule has 0 atom stereocenters. The highest BCUT2D eigenvalue weighted by Gasteiger charge is 2.10. The first-order chi connectivity index (χ1) is 11.3. The zero-order valence-electron chi connectivity index (χ0n) is 13.1. The number of anilines is 1. The van der Waals surface area contributed by atoms with Crippen molar-refractivity contribution in [1.82, 2.24) is 0 Å². The van der Waals surface area contributed by atoms with Crippen LogP contribution < -0.4 is 15.2 Å². The molecule has 130 valence electrons. The monoisotopic (exact) mass is 388 g/mol. The Balaban J connectivity index is 2.07. The summed E-state index contributed by atoms with van der Waals surface area (Å²) in [6, 6.07) is 9.73. The fourth-order valence-electron chi connectivity index (χ4n) is 2.02. The van der Waals surface area contributed by atoms with Gasteiger partial charge in [0.15, 0.2) is 5.75 Å². The molecule has 0 radical (unpaired) electrons. The largest absolute Gasteiger partial charge is 0.490 e. The number of ether oxygens (including phenoxy) is 1. The van der Waals surface area contributed by atoms with E-state index < -0.39 is 10.0 Å². The van der Waals surface area contributed by atoms with Crippen LogP contribution in [-0.2, 0) is 16.6 Å². The first-order valence-corrected chi connectivity index (χ1v) is 9.59. The fraction of sp³-hybridized carbons (Fsp3) is 0.250. The van der Waals surface area contributed by atoms with E-state index in [9.17, 15) is 8.42 Å². The van der Waals surface area contributed by atoms with E-state index in [1.807, 2.05) is 6.92 Å². The van der Waals surface area contributed by atoms with Gasteiger partial charge in [0, 0.05) is 12.2 Å². The lowest BCUT2D eigenvalue weighted by Gasteiger charge is -2.12. The summed E-state index contributed by atoms with van der Waals surface area (Å²) in [6.07, 6.45) is 0.866. The van der Waals surface area contributed by atoms with Crippen LogP contribution in [0.1, 0.15) is 18.9 Å². The maximum atomic E-state index is 11.2. The van der Waals surface area contributed by atoms with Crippen LogP contribution in [0.25, 0.3) is 0 Å². The van der Waals surface area contributed by atoms with Gasteiger partial charge in [-0.1, -0.05) is 30.1 Å². The van der Waals surface area contributed by atoms with Crippen LogP contribution in [0.5, 0.6) is 5.75 Å². The molecule has 0 fully saturated rings. The Labute approximate surface area is 151 Å². The Morgan fingerprint density at radius 2 is 1.71 bits per heavy atom. The molecule has 0 unspecified atom stereocenters. The number of sulfonamides is 1. The minimum atomic E-state index is -3.69. The zero-order valence-corrected chi connectivity index (χ0v) is 15.4. The third-order valence-electron chi connectivity index (χ3n) is 3.19. The minimum absolute atomic E-state index is 0.0663. The number of halogens is 2. The summed E-state index contributed by atoms with van der Waals surface area (Å²) in [5.41, 5.74) is 1.63. The Kier molecular flexibility index (Phi) is 6.34. The van der Waals surface area contributed by atoms with Gasteiger partial charge < -0.3 is 10.1 Å². The summed E-state index contributed by atoms with van der Waals surface area (Å²) in [5.74, 6) is 0.487. The summed E-state index contributed by atoms with van der Waals surface area (Å²) in [7, 11) is -3.69. The molecule has 0 bridgehead atoms. The molecular weight excluding hydrogens is 371 g/mol. The minimum Gasteiger partial charge on any atom is -0.490 e. The Morgan fingerprint density at radius 3 is 2.21 bits per heavy atom. The lowest BCUT2D eigenvalue weighted by molar-refractivity contribution is 0.318. The van der Waals surface area contributed by atoms with Gasteiger partial charge in [-0.3, -0.25) is 0 Å². The summed E-state index contributed by atoms with van der Waals surface area (Å²) in [4.78, 5) is 0.0663.